The minimum atomic E-state index is 0.426. The van der Waals surface area contributed by atoms with Crippen LogP contribution in [0.5, 0.6) is 0 Å². The first-order valence-corrected chi connectivity index (χ1v) is 3.09. The highest BCUT2D eigenvalue weighted by atomic mass is 16.1. The SMILES string of the molecule is C#Cc1ccc(C=O)c(N)c1. The molecule has 0 unspecified atom stereocenters. The number of terminal acetylenes is 1. The van der Waals surface area contributed by atoms with Gasteiger partial charge < -0.3 is 5.73 Å². The molecule has 54 valence electrons. The molecule has 0 aliphatic carbocycles. The van der Waals surface area contributed by atoms with Crippen LogP contribution < -0.4 is 5.73 Å². The number of carbonyl (C=O) groups is 1. The number of anilines is 1. The highest BCUT2D eigenvalue weighted by Crippen LogP contribution is 2.10. The quantitative estimate of drug-likeness (QED) is 0.365. The van der Waals surface area contributed by atoms with Crippen LogP contribution in [0.4, 0.5) is 5.69 Å². The van der Waals surface area contributed by atoms with E-state index >= 15 is 0 Å². The molecule has 0 atom stereocenters. The van der Waals surface area contributed by atoms with Crippen LogP contribution in [-0.4, -0.2) is 6.29 Å². The zero-order valence-electron chi connectivity index (χ0n) is 5.87. The molecule has 2 N–H and O–H groups in total. The molecule has 1 aromatic carbocycles. The Morgan fingerprint density at radius 3 is 2.73 bits per heavy atom. The van der Waals surface area contributed by atoms with Crippen LogP contribution >= 0.6 is 0 Å². The maximum Gasteiger partial charge on any atom is 0.152 e. The summed E-state index contributed by atoms with van der Waals surface area (Å²) in [7, 11) is 0. The summed E-state index contributed by atoms with van der Waals surface area (Å²) in [5.74, 6) is 2.42. The second-order valence-electron chi connectivity index (χ2n) is 2.11. The van der Waals surface area contributed by atoms with Crippen LogP contribution in [0.15, 0.2) is 18.2 Å². The van der Waals surface area contributed by atoms with Crippen LogP contribution in [0.1, 0.15) is 15.9 Å². The van der Waals surface area contributed by atoms with E-state index in [1.807, 2.05) is 0 Å². The first kappa shape index (κ1) is 7.36. The van der Waals surface area contributed by atoms with Crippen molar-refractivity contribution < 1.29 is 4.79 Å². The maximum atomic E-state index is 10.3. The molecule has 0 aromatic heterocycles. The van der Waals surface area contributed by atoms with Crippen molar-refractivity contribution in [2.75, 3.05) is 5.73 Å². The van der Waals surface area contributed by atoms with Gasteiger partial charge in [0.2, 0.25) is 0 Å². The van der Waals surface area contributed by atoms with Crippen molar-refractivity contribution in [3.63, 3.8) is 0 Å². The Morgan fingerprint density at radius 1 is 1.55 bits per heavy atom. The molecular weight excluding hydrogens is 138 g/mol. The van der Waals surface area contributed by atoms with E-state index in [9.17, 15) is 4.79 Å². The van der Waals surface area contributed by atoms with E-state index in [0.29, 0.717) is 23.1 Å². The average Bonchev–Trinajstić information content (AvgIpc) is 2.04. The number of benzene rings is 1. The highest BCUT2D eigenvalue weighted by molar-refractivity contribution is 5.83. The molecule has 0 radical (unpaired) electrons. The van der Waals surface area contributed by atoms with Gasteiger partial charge >= 0.3 is 0 Å². The summed E-state index contributed by atoms with van der Waals surface area (Å²) >= 11 is 0. The van der Waals surface area contributed by atoms with Gasteiger partial charge in [-0.1, -0.05) is 5.92 Å². The summed E-state index contributed by atoms with van der Waals surface area (Å²) in [4.78, 5) is 10.3. The van der Waals surface area contributed by atoms with Crippen molar-refractivity contribution in [3.8, 4) is 12.3 Å². The number of hydrogen-bond acceptors (Lipinski definition) is 2. The van der Waals surface area contributed by atoms with Crippen molar-refractivity contribution >= 4 is 12.0 Å². The van der Waals surface area contributed by atoms with Crippen LogP contribution in [0.3, 0.4) is 0 Å². The Bertz CT molecular complexity index is 323. The van der Waals surface area contributed by atoms with E-state index in [2.05, 4.69) is 5.92 Å². The predicted molar refractivity (Wildman–Crippen MR) is 44.2 cm³/mol. The number of aldehydes is 1. The lowest BCUT2D eigenvalue weighted by Gasteiger charge is -1.97. The molecule has 2 heteroatoms. The molecule has 0 aliphatic heterocycles. The summed E-state index contributed by atoms with van der Waals surface area (Å²) < 4.78 is 0. The second kappa shape index (κ2) is 2.89. The number of nitrogen functional groups attached to an aromatic ring is 1. The normalized spacial score (nSPS) is 8.64. The van der Waals surface area contributed by atoms with E-state index in [-0.39, 0.29) is 0 Å². The molecule has 1 aromatic rings. The predicted octanol–water partition coefficient (Wildman–Crippen LogP) is 1.06. The lowest BCUT2D eigenvalue weighted by molar-refractivity contribution is 0.112. The van der Waals surface area contributed by atoms with E-state index in [1.165, 1.54) is 0 Å². The Morgan fingerprint density at radius 2 is 2.27 bits per heavy atom. The summed E-state index contributed by atoms with van der Waals surface area (Å²) in [6.45, 7) is 0. The summed E-state index contributed by atoms with van der Waals surface area (Å²) in [5.41, 5.74) is 7.07. The van der Waals surface area contributed by atoms with Gasteiger partial charge in [0.05, 0.1) is 0 Å². The number of rotatable bonds is 1. The molecule has 0 fully saturated rings. The minimum absolute atomic E-state index is 0.426. The lowest BCUT2D eigenvalue weighted by atomic mass is 10.1. The summed E-state index contributed by atoms with van der Waals surface area (Å²) in [6.07, 6.45) is 5.82. The Kier molecular flexibility index (Phi) is 1.93. The molecule has 0 saturated carbocycles. The molecule has 0 aliphatic rings. The molecule has 11 heavy (non-hydrogen) atoms. The van der Waals surface area contributed by atoms with Gasteiger partial charge in [0.15, 0.2) is 6.29 Å². The van der Waals surface area contributed by atoms with Crippen molar-refractivity contribution in [1.82, 2.24) is 0 Å². The smallest absolute Gasteiger partial charge is 0.152 e. The fraction of sp³-hybridized carbons (Fsp3) is 0. The van der Waals surface area contributed by atoms with Crippen LogP contribution in [-0.2, 0) is 0 Å². The van der Waals surface area contributed by atoms with E-state index in [0.717, 1.165) is 0 Å². The van der Waals surface area contributed by atoms with Gasteiger partial charge in [-0.05, 0) is 18.2 Å². The molecule has 2 nitrogen and oxygen atoms in total. The van der Waals surface area contributed by atoms with Gasteiger partial charge in [0, 0.05) is 16.8 Å². The number of carbonyl (C=O) groups excluding carboxylic acids is 1. The average molecular weight is 145 g/mol. The number of nitrogens with two attached hydrogens (primary N) is 1. The van der Waals surface area contributed by atoms with Crippen molar-refractivity contribution in [3.05, 3.63) is 29.3 Å². The van der Waals surface area contributed by atoms with Crippen LogP contribution in [0.2, 0.25) is 0 Å². The van der Waals surface area contributed by atoms with Crippen molar-refractivity contribution in [2.45, 2.75) is 0 Å². The largest absolute Gasteiger partial charge is 0.398 e. The van der Waals surface area contributed by atoms with E-state index in [4.69, 9.17) is 12.2 Å². The van der Waals surface area contributed by atoms with Gasteiger partial charge in [-0.2, -0.15) is 0 Å². The third-order valence-corrected chi connectivity index (χ3v) is 1.38. The van der Waals surface area contributed by atoms with Crippen LogP contribution in [0.25, 0.3) is 0 Å². The molecule has 0 bridgehead atoms. The summed E-state index contributed by atoms with van der Waals surface area (Å²) in [5, 5.41) is 0. The Hall–Kier alpha value is -1.75. The molecular formula is C9H7NO. The first-order chi connectivity index (χ1) is 5.27. The first-order valence-electron chi connectivity index (χ1n) is 3.09. The van der Waals surface area contributed by atoms with E-state index in [1.54, 1.807) is 18.2 Å². The third-order valence-electron chi connectivity index (χ3n) is 1.38. The summed E-state index contributed by atoms with van der Waals surface area (Å²) in [6, 6.07) is 4.89. The molecule has 0 amide bonds. The molecule has 0 saturated heterocycles. The molecule has 0 heterocycles. The standard InChI is InChI=1S/C9H7NO/c1-2-7-3-4-8(6-11)9(10)5-7/h1,3-6H,10H2. The van der Waals surface area contributed by atoms with Crippen molar-refractivity contribution in [2.24, 2.45) is 0 Å². The van der Waals surface area contributed by atoms with Gasteiger partial charge in [0.1, 0.15) is 0 Å². The number of hydrogen-bond donors (Lipinski definition) is 1. The zero-order valence-corrected chi connectivity index (χ0v) is 5.87. The molecule has 1 rings (SSSR count). The van der Waals surface area contributed by atoms with Gasteiger partial charge in [-0.3, -0.25) is 4.79 Å². The monoisotopic (exact) mass is 145 g/mol. The van der Waals surface area contributed by atoms with Crippen molar-refractivity contribution in [1.29, 1.82) is 0 Å². The van der Waals surface area contributed by atoms with Gasteiger partial charge in [0.25, 0.3) is 0 Å². The zero-order chi connectivity index (χ0) is 8.27. The molecule has 0 spiro atoms. The Balaban J connectivity index is 3.22. The lowest BCUT2D eigenvalue weighted by Crippen LogP contribution is -1.92. The fourth-order valence-corrected chi connectivity index (χ4v) is 0.772. The second-order valence-corrected chi connectivity index (χ2v) is 2.11. The minimum Gasteiger partial charge on any atom is -0.398 e. The van der Waals surface area contributed by atoms with Gasteiger partial charge in [-0.25, -0.2) is 0 Å². The maximum absolute atomic E-state index is 10.3. The fourth-order valence-electron chi connectivity index (χ4n) is 0.772. The Labute approximate surface area is 65.0 Å². The topological polar surface area (TPSA) is 43.1 Å². The van der Waals surface area contributed by atoms with E-state index < -0.39 is 0 Å². The van der Waals surface area contributed by atoms with Gasteiger partial charge in [-0.15, -0.1) is 6.42 Å². The highest BCUT2D eigenvalue weighted by Gasteiger charge is 1.96. The van der Waals surface area contributed by atoms with Crippen LogP contribution in [0, 0.1) is 12.3 Å². The third kappa shape index (κ3) is 1.39.